The molecule has 0 spiro atoms. The molecule has 1 atom stereocenters. The fraction of sp³-hybridized carbons (Fsp3) is 0.742. The van der Waals surface area contributed by atoms with Crippen LogP contribution in [0.15, 0.2) is 12.1 Å². The minimum atomic E-state index is -0.584. The van der Waals surface area contributed by atoms with Gasteiger partial charge >= 0.3 is 5.97 Å². The van der Waals surface area contributed by atoms with Crippen LogP contribution in [0.3, 0.4) is 0 Å². The Labute approximate surface area is 221 Å². The van der Waals surface area contributed by atoms with Gasteiger partial charge in [0.25, 0.3) is 0 Å². The lowest BCUT2D eigenvalue weighted by Crippen LogP contribution is -2.48. The van der Waals surface area contributed by atoms with Crippen molar-refractivity contribution >= 4 is 11.8 Å². The van der Waals surface area contributed by atoms with Crippen molar-refractivity contribution in [1.29, 1.82) is 0 Å². The Morgan fingerprint density at radius 2 is 1.70 bits per heavy atom. The normalized spacial score (nSPS) is 31.2. The summed E-state index contributed by atoms with van der Waals surface area (Å²) in [5, 5.41) is 0. The van der Waals surface area contributed by atoms with Gasteiger partial charge in [-0.3, -0.25) is 14.5 Å². The van der Waals surface area contributed by atoms with Crippen molar-refractivity contribution in [2.75, 3.05) is 19.7 Å². The Hall–Kier alpha value is -1.95. The molecule has 6 heteroatoms. The van der Waals surface area contributed by atoms with E-state index in [1.807, 2.05) is 25.7 Å². The molecule has 4 aliphatic carbocycles. The molecule has 1 saturated heterocycles. The molecule has 0 unspecified atom stereocenters. The van der Waals surface area contributed by atoms with Crippen molar-refractivity contribution in [2.45, 2.75) is 104 Å². The van der Waals surface area contributed by atoms with E-state index in [9.17, 15) is 9.59 Å². The van der Waals surface area contributed by atoms with E-state index in [4.69, 9.17) is 9.47 Å². The van der Waals surface area contributed by atoms with Crippen molar-refractivity contribution in [3.8, 4) is 5.75 Å². The Morgan fingerprint density at radius 3 is 2.27 bits per heavy atom. The smallest absolute Gasteiger partial charge is 0.323 e. The van der Waals surface area contributed by atoms with E-state index in [1.54, 1.807) is 6.07 Å². The molecule has 1 heterocycles. The van der Waals surface area contributed by atoms with Gasteiger partial charge < -0.3 is 9.47 Å². The number of ether oxygens (including phenoxy) is 2. The van der Waals surface area contributed by atoms with Gasteiger partial charge in [0, 0.05) is 11.5 Å². The molecule has 6 rings (SSSR count). The largest absolute Gasteiger partial charge is 0.493 e. The van der Waals surface area contributed by atoms with Crippen LogP contribution in [0.25, 0.3) is 0 Å². The fourth-order valence-corrected chi connectivity index (χ4v) is 7.98. The number of hydrogen-bond donors (Lipinski definition) is 0. The van der Waals surface area contributed by atoms with Crippen molar-refractivity contribution < 1.29 is 23.5 Å². The standard InChI is InChI=1S/C31H44FNO4/c1-19(2)23-12-24(27(34)17-33-8-6-7-26(33)29(35)37-30(3,4)5)25(32)13-28(23)36-18-31-14-20-9-21(15-31)11-22(10-20)16-31/h12-13,19-22,26H,6-11,14-18H2,1-5H3/t20?,21?,22?,26-,31?/m0/s1. The molecule has 0 N–H and O–H groups in total. The molecule has 0 amide bonds. The first-order valence-corrected chi connectivity index (χ1v) is 14.4. The molecule has 204 valence electrons. The molecule has 5 aliphatic rings. The van der Waals surface area contributed by atoms with E-state index in [0.29, 0.717) is 25.3 Å². The van der Waals surface area contributed by atoms with E-state index in [-0.39, 0.29) is 35.2 Å². The molecule has 0 radical (unpaired) electrons. The van der Waals surface area contributed by atoms with Crippen molar-refractivity contribution in [2.24, 2.45) is 23.2 Å². The Morgan fingerprint density at radius 1 is 1.08 bits per heavy atom. The zero-order valence-corrected chi connectivity index (χ0v) is 23.3. The average Bonchev–Trinajstić information content (AvgIpc) is 3.23. The summed E-state index contributed by atoms with van der Waals surface area (Å²) in [5.74, 6) is 2.04. The number of likely N-dealkylation sites (tertiary alicyclic amines) is 1. The van der Waals surface area contributed by atoms with Crippen LogP contribution >= 0.6 is 0 Å². The Bertz CT molecular complexity index is 1010. The van der Waals surface area contributed by atoms with Crippen molar-refractivity contribution in [1.82, 2.24) is 4.90 Å². The van der Waals surface area contributed by atoms with E-state index >= 15 is 4.39 Å². The number of rotatable bonds is 8. The molecular formula is C31H44FNO4. The lowest BCUT2D eigenvalue weighted by molar-refractivity contribution is -0.160. The van der Waals surface area contributed by atoms with Crippen LogP contribution in [0.2, 0.25) is 0 Å². The van der Waals surface area contributed by atoms with E-state index in [1.165, 1.54) is 44.6 Å². The zero-order chi connectivity index (χ0) is 26.5. The highest BCUT2D eigenvalue weighted by Crippen LogP contribution is 2.60. The first-order chi connectivity index (χ1) is 17.4. The van der Waals surface area contributed by atoms with E-state index in [0.717, 1.165) is 29.7 Å². The number of ketones is 1. The highest BCUT2D eigenvalue weighted by molar-refractivity contribution is 5.98. The average molecular weight is 514 g/mol. The second kappa shape index (κ2) is 9.98. The number of hydrogen-bond acceptors (Lipinski definition) is 5. The lowest BCUT2D eigenvalue weighted by atomic mass is 9.50. The van der Waals surface area contributed by atoms with Gasteiger partial charge in [-0.2, -0.15) is 0 Å². The summed E-state index contributed by atoms with van der Waals surface area (Å²) < 4.78 is 27.3. The van der Waals surface area contributed by atoms with Crippen LogP contribution in [0.1, 0.15) is 108 Å². The SMILES string of the molecule is CC(C)c1cc(C(=O)CN2CCC[C@H]2C(=O)OC(C)(C)C)c(F)cc1OCC12CC3CC(CC(C3)C1)C2. The predicted molar refractivity (Wildman–Crippen MR) is 141 cm³/mol. The Kier molecular flexibility index (Phi) is 7.19. The number of benzene rings is 1. The van der Waals surface area contributed by atoms with Gasteiger partial charge in [0.15, 0.2) is 5.78 Å². The van der Waals surface area contributed by atoms with Crippen LogP contribution < -0.4 is 4.74 Å². The minimum absolute atomic E-state index is 0.00580. The molecule has 5 nitrogen and oxygen atoms in total. The fourth-order valence-electron chi connectivity index (χ4n) is 7.98. The first-order valence-electron chi connectivity index (χ1n) is 14.4. The predicted octanol–water partition coefficient (Wildman–Crippen LogP) is 6.53. The van der Waals surface area contributed by atoms with Crippen LogP contribution in [0.4, 0.5) is 4.39 Å². The lowest BCUT2D eigenvalue weighted by Gasteiger charge is -2.56. The third-order valence-electron chi connectivity index (χ3n) is 9.11. The Balaban J connectivity index is 1.29. The summed E-state index contributed by atoms with van der Waals surface area (Å²) in [6.07, 6.45) is 9.33. The number of Topliss-reactive ketones (excluding diaryl/α,β-unsaturated/α-hetero) is 1. The van der Waals surface area contributed by atoms with Crippen LogP contribution in [0.5, 0.6) is 5.75 Å². The number of carbonyl (C=O) groups excluding carboxylic acids is 2. The summed E-state index contributed by atoms with van der Waals surface area (Å²) in [6, 6.07) is 2.66. The summed E-state index contributed by atoms with van der Waals surface area (Å²) in [7, 11) is 0. The third-order valence-corrected chi connectivity index (χ3v) is 9.11. The maximum Gasteiger partial charge on any atom is 0.323 e. The molecule has 37 heavy (non-hydrogen) atoms. The molecule has 1 aromatic rings. The summed E-state index contributed by atoms with van der Waals surface area (Å²) >= 11 is 0. The second-order valence-corrected chi connectivity index (χ2v) is 13.8. The van der Waals surface area contributed by atoms with Crippen molar-refractivity contribution in [3.05, 3.63) is 29.1 Å². The molecule has 1 aromatic carbocycles. The zero-order valence-electron chi connectivity index (χ0n) is 23.3. The summed E-state index contributed by atoms with van der Waals surface area (Å²) in [4.78, 5) is 27.8. The number of nitrogens with zero attached hydrogens (tertiary/aromatic N) is 1. The maximum absolute atomic E-state index is 15.4. The summed E-state index contributed by atoms with van der Waals surface area (Å²) in [6.45, 7) is 10.9. The van der Waals surface area contributed by atoms with Gasteiger partial charge in [0.1, 0.15) is 23.2 Å². The quantitative estimate of drug-likeness (QED) is 0.292. The van der Waals surface area contributed by atoms with Gasteiger partial charge in [-0.05, 0) is 114 Å². The topological polar surface area (TPSA) is 55.8 Å². The van der Waals surface area contributed by atoms with Crippen LogP contribution in [-0.4, -0.2) is 48.0 Å². The van der Waals surface area contributed by atoms with Gasteiger partial charge in [-0.1, -0.05) is 13.8 Å². The number of halogens is 1. The molecule has 4 bridgehead atoms. The van der Waals surface area contributed by atoms with Crippen LogP contribution in [0, 0.1) is 29.0 Å². The number of esters is 1. The van der Waals surface area contributed by atoms with E-state index in [2.05, 4.69) is 13.8 Å². The highest BCUT2D eigenvalue weighted by Gasteiger charge is 2.51. The first kappa shape index (κ1) is 26.6. The van der Waals surface area contributed by atoms with Gasteiger partial charge in [-0.25, -0.2) is 4.39 Å². The monoisotopic (exact) mass is 513 g/mol. The maximum atomic E-state index is 15.4. The second-order valence-electron chi connectivity index (χ2n) is 13.8. The van der Waals surface area contributed by atoms with Gasteiger partial charge in [0.2, 0.25) is 0 Å². The summed E-state index contributed by atoms with van der Waals surface area (Å²) in [5.41, 5.74) is 0.611. The third kappa shape index (κ3) is 5.74. The minimum Gasteiger partial charge on any atom is -0.493 e. The van der Waals surface area contributed by atoms with Gasteiger partial charge in [0.05, 0.1) is 18.7 Å². The molecule has 5 fully saturated rings. The van der Waals surface area contributed by atoms with Crippen LogP contribution in [-0.2, 0) is 9.53 Å². The molecule has 1 aliphatic heterocycles. The highest BCUT2D eigenvalue weighted by atomic mass is 19.1. The molecule has 4 saturated carbocycles. The van der Waals surface area contributed by atoms with Gasteiger partial charge in [-0.15, -0.1) is 0 Å². The molecular weight excluding hydrogens is 469 g/mol. The van der Waals surface area contributed by atoms with E-state index < -0.39 is 17.5 Å². The van der Waals surface area contributed by atoms with Crippen molar-refractivity contribution in [3.63, 3.8) is 0 Å². The molecule has 0 aromatic heterocycles. The number of carbonyl (C=O) groups is 2.